The molecule has 0 saturated carbocycles. The van der Waals surface area contributed by atoms with Crippen molar-refractivity contribution in [1.29, 1.82) is 0 Å². The van der Waals surface area contributed by atoms with Crippen molar-refractivity contribution in [3.05, 3.63) is 47.5 Å². The van der Waals surface area contributed by atoms with Gasteiger partial charge < -0.3 is 5.32 Å². The normalized spacial score (nSPS) is 13.7. The lowest BCUT2D eigenvalue weighted by Gasteiger charge is -2.19. The molecule has 0 aliphatic carbocycles. The van der Waals surface area contributed by atoms with Crippen molar-refractivity contribution in [2.75, 3.05) is 6.54 Å². The van der Waals surface area contributed by atoms with E-state index in [2.05, 4.69) is 17.2 Å². The van der Waals surface area contributed by atoms with Gasteiger partial charge in [-0.2, -0.15) is 0 Å². The van der Waals surface area contributed by atoms with Crippen LogP contribution < -0.4 is 10.6 Å². The van der Waals surface area contributed by atoms with E-state index in [1.807, 2.05) is 38.1 Å². The number of rotatable bonds is 6. The van der Waals surface area contributed by atoms with Gasteiger partial charge in [-0.1, -0.05) is 29.8 Å². The molecule has 98 valence electrons. The fourth-order valence-electron chi connectivity index (χ4n) is 1.65. The molecule has 1 rings (SSSR count). The van der Waals surface area contributed by atoms with Crippen LogP contribution in [0.25, 0.3) is 0 Å². The first-order chi connectivity index (χ1) is 8.54. The molecule has 1 amide bonds. The van der Waals surface area contributed by atoms with Crippen molar-refractivity contribution in [3.63, 3.8) is 0 Å². The molecule has 0 radical (unpaired) electrons. The predicted octanol–water partition coefficient (Wildman–Crippen LogP) is 2.68. The fraction of sp³-hybridized carbons (Fsp3) is 0.357. The molecule has 0 aliphatic rings. The fourth-order valence-corrected chi connectivity index (χ4v) is 1.85. The minimum Gasteiger partial charge on any atom is -0.351 e. The molecular formula is C14H19ClN2O. The number of carbonyl (C=O) groups is 1. The van der Waals surface area contributed by atoms with E-state index in [9.17, 15) is 4.79 Å². The second-order valence-corrected chi connectivity index (χ2v) is 4.64. The number of amides is 1. The molecule has 2 unspecified atom stereocenters. The van der Waals surface area contributed by atoms with Crippen molar-refractivity contribution < 1.29 is 4.79 Å². The largest absolute Gasteiger partial charge is 0.351 e. The van der Waals surface area contributed by atoms with Gasteiger partial charge in [0.1, 0.15) is 0 Å². The van der Waals surface area contributed by atoms with Gasteiger partial charge in [0.2, 0.25) is 5.91 Å². The Hall–Kier alpha value is -1.32. The summed E-state index contributed by atoms with van der Waals surface area (Å²) in [4.78, 5) is 11.7. The lowest BCUT2D eigenvalue weighted by Crippen LogP contribution is -2.43. The molecule has 0 aromatic heterocycles. The van der Waals surface area contributed by atoms with E-state index in [1.165, 1.54) is 0 Å². The van der Waals surface area contributed by atoms with Crippen LogP contribution in [0, 0.1) is 0 Å². The summed E-state index contributed by atoms with van der Waals surface area (Å²) in [5, 5.41) is 6.68. The highest BCUT2D eigenvalue weighted by molar-refractivity contribution is 6.30. The monoisotopic (exact) mass is 266 g/mol. The van der Waals surface area contributed by atoms with Crippen LogP contribution in [0.4, 0.5) is 0 Å². The summed E-state index contributed by atoms with van der Waals surface area (Å²) in [5.74, 6) is -0.0382. The zero-order valence-corrected chi connectivity index (χ0v) is 11.5. The molecule has 4 heteroatoms. The van der Waals surface area contributed by atoms with Crippen molar-refractivity contribution in [1.82, 2.24) is 10.6 Å². The van der Waals surface area contributed by atoms with Crippen LogP contribution in [-0.4, -0.2) is 18.5 Å². The van der Waals surface area contributed by atoms with Crippen molar-refractivity contribution in [3.8, 4) is 0 Å². The van der Waals surface area contributed by atoms with Crippen molar-refractivity contribution in [2.45, 2.75) is 25.9 Å². The molecule has 0 heterocycles. The Bertz CT molecular complexity index is 420. The van der Waals surface area contributed by atoms with Crippen LogP contribution in [-0.2, 0) is 4.79 Å². The van der Waals surface area contributed by atoms with E-state index >= 15 is 0 Å². The highest BCUT2D eigenvalue weighted by Gasteiger charge is 2.15. The van der Waals surface area contributed by atoms with Gasteiger partial charge >= 0.3 is 0 Å². The maximum atomic E-state index is 11.7. The average molecular weight is 267 g/mol. The minimum atomic E-state index is -0.265. The topological polar surface area (TPSA) is 41.1 Å². The van der Waals surface area contributed by atoms with Crippen LogP contribution in [0.3, 0.4) is 0 Å². The minimum absolute atomic E-state index is 0.0382. The van der Waals surface area contributed by atoms with Gasteiger partial charge in [0, 0.05) is 17.6 Å². The van der Waals surface area contributed by atoms with E-state index in [0.29, 0.717) is 11.6 Å². The smallest absolute Gasteiger partial charge is 0.237 e. The predicted molar refractivity (Wildman–Crippen MR) is 75.7 cm³/mol. The van der Waals surface area contributed by atoms with E-state index in [4.69, 9.17) is 11.6 Å². The maximum Gasteiger partial charge on any atom is 0.237 e. The maximum absolute atomic E-state index is 11.7. The van der Waals surface area contributed by atoms with Crippen LogP contribution in [0.15, 0.2) is 36.9 Å². The number of hydrogen-bond acceptors (Lipinski definition) is 2. The molecule has 0 fully saturated rings. The number of carbonyl (C=O) groups excluding carboxylic acids is 1. The summed E-state index contributed by atoms with van der Waals surface area (Å²) in [6.07, 6.45) is 1.66. The third-order valence-corrected chi connectivity index (χ3v) is 2.90. The third-order valence-electron chi connectivity index (χ3n) is 2.66. The second kappa shape index (κ2) is 7.19. The molecule has 0 aliphatic heterocycles. The molecule has 18 heavy (non-hydrogen) atoms. The van der Waals surface area contributed by atoms with Crippen LogP contribution in [0.5, 0.6) is 0 Å². The molecule has 0 saturated heterocycles. The van der Waals surface area contributed by atoms with Crippen LogP contribution >= 0.6 is 11.6 Å². The first-order valence-electron chi connectivity index (χ1n) is 5.94. The zero-order valence-electron chi connectivity index (χ0n) is 10.7. The number of nitrogens with one attached hydrogen (secondary N) is 2. The zero-order chi connectivity index (χ0) is 13.5. The van der Waals surface area contributed by atoms with Gasteiger partial charge in [0.05, 0.1) is 6.04 Å². The van der Waals surface area contributed by atoms with Gasteiger partial charge in [0.25, 0.3) is 0 Å². The molecule has 3 nitrogen and oxygen atoms in total. The Balaban J connectivity index is 2.56. The third kappa shape index (κ3) is 4.51. The van der Waals surface area contributed by atoms with Crippen molar-refractivity contribution in [2.24, 2.45) is 0 Å². The summed E-state index contributed by atoms with van der Waals surface area (Å²) < 4.78 is 0. The van der Waals surface area contributed by atoms with E-state index in [-0.39, 0.29) is 18.0 Å². The molecule has 2 N–H and O–H groups in total. The summed E-state index contributed by atoms with van der Waals surface area (Å²) in [7, 11) is 0. The number of halogens is 1. The average Bonchev–Trinajstić information content (AvgIpc) is 2.35. The Morgan fingerprint density at radius 3 is 2.83 bits per heavy atom. The van der Waals surface area contributed by atoms with Gasteiger partial charge in [-0.25, -0.2) is 0 Å². The van der Waals surface area contributed by atoms with Gasteiger partial charge in [-0.05, 0) is 31.5 Å². The SMILES string of the molecule is C=CCNC(=O)C(C)NC(C)c1cccc(Cl)c1. The molecule has 1 aromatic rings. The number of benzene rings is 1. The second-order valence-electron chi connectivity index (χ2n) is 4.20. The molecule has 2 atom stereocenters. The standard InChI is InChI=1S/C14H19ClN2O/c1-4-8-16-14(18)11(3)17-10(2)12-6-5-7-13(15)9-12/h4-7,9-11,17H,1,8H2,2-3H3,(H,16,18). The Labute approximate surface area is 113 Å². The van der Waals surface area contributed by atoms with Gasteiger partial charge in [-0.15, -0.1) is 6.58 Å². The Morgan fingerprint density at radius 1 is 1.50 bits per heavy atom. The summed E-state index contributed by atoms with van der Waals surface area (Å²) >= 11 is 5.94. The highest BCUT2D eigenvalue weighted by atomic mass is 35.5. The van der Waals surface area contributed by atoms with Crippen molar-refractivity contribution >= 4 is 17.5 Å². The number of hydrogen-bond donors (Lipinski definition) is 2. The first-order valence-corrected chi connectivity index (χ1v) is 6.32. The molecular weight excluding hydrogens is 248 g/mol. The summed E-state index contributed by atoms with van der Waals surface area (Å²) in [6.45, 7) is 7.88. The summed E-state index contributed by atoms with van der Waals surface area (Å²) in [5.41, 5.74) is 1.06. The Morgan fingerprint density at radius 2 is 2.22 bits per heavy atom. The lowest BCUT2D eigenvalue weighted by atomic mass is 10.1. The summed E-state index contributed by atoms with van der Waals surface area (Å²) in [6, 6.07) is 7.41. The lowest BCUT2D eigenvalue weighted by molar-refractivity contribution is -0.122. The van der Waals surface area contributed by atoms with Gasteiger partial charge in [0.15, 0.2) is 0 Å². The van der Waals surface area contributed by atoms with Crippen LogP contribution in [0.2, 0.25) is 5.02 Å². The van der Waals surface area contributed by atoms with E-state index in [1.54, 1.807) is 6.08 Å². The van der Waals surface area contributed by atoms with Crippen LogP contribution in [0.1, 0.15) is 25.5 Å². The van der Waals surface area contributed by atoms with E-state index in [0.717, 1.165) is 5.56 Å². The quantitative estimate of drug-likeness (QED) is 0.778. The highest BCUT2D eigenvalue weighted by Crippen LogP contribution is 2.17. The Kier molecular flexibility index (Phi) is 5.89. The molecule has 1 aromatic carbocycles. The first kappa shape index (κ1) is 14.7. The van der Waals surface area contributed by atoms with E-state index < -0.39 is 0 Å². The van der Waals surface area contributed by atoms with Gasteiger partial charge in [-0.3, -0.25) is 10.1 Å². The molecule has 0 bridgehead atoms. The molecule has 0 spiro atoms.